The lowest BCUT2D eigenvalue weighted by atomic mass is 9.97. The maximum atomic E-state index is 11.9. The Hall–Kier alpha value is -3.98. The molecule has 2 N–H and O–H groups in total. The fourth-order valence-corrected chi connectivity index (χ4v) is 2.75. The van der Waals surface area contributed by atoms with E-state index in [4.69, 9.17) is 19.7 Å². The van der Waals surface area contributed by atoms with Gasteiger partial charge in [0.1, 0.15) is 12.7 Å². The molecule has 0 amide bonds. The Kier molecular flexibility index (Phi) is 12.6. The summed E-state index contributed by atoms with van der Waals surface area (Å²) in [5.41, 5.74) is 1.38. The molecule has 1 saturated heterocycles. The molecule has 1 aliphatic rings. The second kappa shape index (κ2) is 15.1. The zero-order chi connectivity index (χ0) is 27.3. The summed E-state index contributed by atoms with van der Waals surface area (Å²) in [6.07, 6.45) is 3.11. The number of ether oxygens (including phenoxy) is 3. The summed E-state index contributed by atoms with van der Waals surface area (Å²) >= 11 is 0. The summed E-state index contributed by atoms with van der Waals surface area (Å²) in [6, 6.07) is 9.65. The predicted molar refractivity (Wildman–Crippen MR) is 132 cm³/mol. The maximum absolute atomic E-state index is 11.9. The van der Waals surface area contributed by atoms with Gasteiger partial charge in [-0.25, -0.2) is 19.2 Å². The molecular weight excluding hydrogens is 468 g/mol. The summed E-state index contributed by atoms with van der Waals surface area (Å²) < 4.78 is 14.0. The van der Waals surface area contributed by atoms with E-state index in [1.165, 1.54) is 0 Å². The van der Waals surface area contributed by atoms with Crippen LogP contribution in [0.25, 0.3) is 6.08 Å². The second-order valence-electron chi connectivity index (χ2n) is 8.03. The standard InChI is InChI=1S/C19H22O4.C8H10O5/c1-14(11-12-17-9-5-4-6-10-17)16(3)19(22)23-18(21)15(2)8-7-13-20;1-4(5(2)7(9)10)6-3-12-8(11)13-6/h4-6,9-12,14,20H,2-3,7-8,13H2,1H3;4,6H,2-3H2,1H3,(H,9,10). The van der Waals surface area contributed by atoms with Gasteiger partial charge in [0.25, 0.3) is 0 Å². The molecule has 0 radical (unpaired) electrons. The first-order chi connectivity index (χ1) is 17.0. The molecule has 3 unspecified atom stereocenters. The average molecular weight is 501 g/mol. The molecule has 194 valence electrons. The van der Waals surface area contributed by atoms with Crippen molar-refractivity contribution in [2.45, 2.75) is 32.8 Å². The molecule has 0 saturated carbocycles. The first kappa shape index (κ1) is 30.1. The van der Waals surface area contributed by atoms with Crippen LogP contribution in [-0.4, -0.2) is 53.6 Å². The average Bonchev–Trinajstić information content (AvgIpc) is 3.31. The van der Waals surface area contributed by atoms with E-state index in [-0.39, 0.29) is 35.9 Å². The summed E-state index contributed by atoms with van der Waals surface area (Å²) in [6.45, 7) is 14.1. The quantitative estimate of drug-likeness (QED) is 0.261. The number of allylic oxidation sites excluding steroid dienone is 1. The van der Waals surface area contributed by atoms with Crippen molar-refractivity contribution in [3.8, 4) is 0 Å². The van der Waals surface area contributed by atoms with E-state index in [1.54, 1.807) is 13.8 Å². The number of aliphatic hydroxyl groups is 1. The zero-order valence-electron chi connectivity index (χ0n) is 20.5. The van der Waals surface area contributed by atoms with Gasteiger partial charge >= 0.3 is 24.1 Å². The van der Waals surface area contributed by atoms with Crippen LogP contribution in [0.3, 0.4) is 0 Å². The van der Waals surface area contributed by atoms with Crippen LogP contribution in [0.1, 0.15) is 32.3 Å². The van der Waals surface area contributed by atoms with Gasteiger partial charge in [0.15, 0.2) is 0 Å². The van der Waals surface area contributed by atoms with E-state index in [0.29, 0.717) is 12.8 Å². The Morgan fingerprint density at radius 2 is 1.75 bits per heavy atom. The number of benzene rings is 1. The molecular formula is C27H32O9. The third kappa shape index (κ3) is 10.1. The third-order valence-corrected chi connectivity index (χ3v) is 5.29. The molecule has 2 rings (SSSR count). The van der Waals surface area contributed by atoms with Gasteiger partial charge in [-0.1, -0.05) is 76.1 Å². The van der Waals surface area contributed by atoms with Crippen LogP contribution in [0.5, 0.6) is 0 Å². The number of carbonyl (C=O) groups is 4. The summed E-state index contributed by atoms with van der Waals surface area (Å²) in [5, 5.41) is 17.3. The molecule has 0 bridgehead atoms. The minimum absolute atomic E-state index is 0.0169. The number of cyclic esters (lactones) is 2. The van der Waals surface area contributed by atoms with Crippen LogP contribution in [-0.2, 0) is 28.6 Å². The van der Waals surface area contributed by atoms with Gasteiger partial charge in [-0.2, -0.15) is 0 Å². The van der Waals surface area contributed by atoms with Crippen molar-refractivity contribution in [2.24, 2.45) is 11.8 Å². The highest BCUT2D eigenvalue weighted by atomic mass is 16.8. The van der Waals surface area contributed by atoms with Crippen molar-refractivity contribution in [1.29, 1.82) is 0 Å². The number of esters is 2. The first-order valence-electron chi connectivity index (χ1n) is 11.2. The molecule has 1 aliphatic heterocycles. The van der Waals surface area contributed by atoms with E-state index >= 15 is 0 Å². The van der Waals surface area contributed by atoms with E-state index < -0.39 is 36.1 Å². The zero-order valence-corrected chi connectivity index (χ0v) is 20.5. The van der Waals surface area contributed by atoms with Gasteiger partial charge in [0.2, 0.25) is 0 Å². The Morgan fingerprint density at radius 1 is 1.11 bits per heavy atom. The Balaban J connectivity index is 0.000000420. The second-order valence-corrected chi connectivity index (χ2v) is 8.03. The Labute approximate surface area is 210 Å². The van der Waals surface area contributed by atoms with Gasteiger partial charge in [-0.05, 0) is 18.4 Å². The molecule has 1 fully saturated rings. The highest BCUT2D eigenvalue weighted by Crippen LogP contribution is 2.21. The van der Waals surface area contributed by atoms with E-state index in [2.05, 4.69) is 24.5 Å². The van der Waals surface area contributed by atoms with Crippen LogP contribution in [0.15, 0.2) is 72.9 Å². The molecule has 0 spiro atoms. The van der Waals surface area contributed by atoms with Crippen LogP contribution >= 0.6 is 0 Å². The van der Waals surface area contributed by atoms with Gasteiger partial charge in [0.05, 0.1) is 0 Å². The Morgan fingerprint density at radius 3 is 2.28 bits per heavy atom. The SMILES string of the molecule is C=C(C(=O)O)C(C)C1COC(=O)O1.C=C(CCCO)C(=O)OC(=O)C(=C)C(C)C=Cc1ccccc1. The molecule has 3 atom stereocenters. The largest absolute Gasteiger partial charge is 0.508 e. The van der Waals surface area contributed by atoms with Crippen molar-refractivity contribution in [3.05, 3.63) is 78.4 Å². The normalized spacial score (nSPS) is 16.0. The summed E-state index contributed by atoms with van der Waals surface area (Å²) in [7, 11) is 0. The van der Waals surface area contributed by atoms with Crippen molar-refractivity contribution < 1.29 is 43.6 Å². The van der Waals surface area contributed by atoms with Crippen LogP contribution in [0.2, 0.25) is 0 Å². The molecule has 0 aromatic heterocycles. The van der Waals surface area contributed by atoms with Crippen LogP contribution in [0, 0.1) is 11.8 Å². The fraction of sp³-hybridized carbons (Fsp3) is 0.333. The number of carboxylic acids is 1. The lowest BCUT2D eigenvalue weighted by Gasteiger charge is -2.14. The lowest BCUT2D eigenvalue weighted by Crippen LogP contribution is -2.24. The minimum atomic E-state index is -1.09. The van der Waals surface area contributed by atoms with Crippen molar-refractivity contribution in [2.75, 3.05) is 13.2 Å². The monoisotopic (exact) mass is 500 g/mol. The number of aliphatic hydroxyl groups excluding tert-OH is 1. The predicted octanol–water partition coefficient (Wildman–Crippen LogP) is 4.09. The van der Waals surface area contributed by atoms with Crippen molar-refractivity contribution >= 4 is 30.1 Å². The van der Waals surface area contributed by atoms with Crippen LogP contribution in [0.4, 0.5) is 4.79 Å². The fourth-order valence-electron chi connectivity index (χ4n) is 2.75. The maximum Gasteiger partial charge on any atom is 0.508 e. The topological polar surface area (TPSA) is 136 Å². The highest BCUT2D eigenvalue weighted by molar-refractivity contribution is 6.01. The van der Waals surface area contributed by atoms with Gasteiger partial charge in [-0.15, -0.1) is 0 Å². The molecule has 1 aromatic rings. The number of hydrogen-bond acceptors (Lipinski definition) is 8. The summed E-state index contributed by atoms with van der Waals surface area (Å²) in [5.74, 6) is -3.31. The smallest absolute Gasteiger partial charge is 0.478 e. The highest BCUT2D eigenvalue weighted by Gasteiger charge is 2.33. The van der Waals surface area contributed by atoms with Crippen molar-refractivity contribution in [3.63, 3.8) is 0 Å². The molecule has 9 nitrogen and oxygen atoms in total. The Bertz CT molecular complexity index is 1010. The van der Waals surface area contributed by atoms with Crippen LogP contribution < -0.4 is 0 Å². The van der Waals surface area contributed by atoms with Gasteiger partial charge in [-0.3, -0.25) is 0 Å². The lowest BCUT2D eigenvalue weighted by molar-refractivity contribution is -0.154. The molecule has 1 aromatic carbocycles. The van der Waals surface area contributed by atoms with E-state index in [1.807, 2.05) is 42.5 Å². The minimum Gasteiger partial charge on any atom is -0.478 e. The third-order valence-electron chi connectivity index (χ3n) is 5.29. The van der Waals surface area contributed by atoms with E-state index in [0.717, 1.165) is 5.56 Å². The number of hydrogen-bond donors (Lipinski definition) is 2. The van der Waals surface area contributed by atoms with Gasteiger partial charge < -0.3 is 24.4 Å². The summed E-state index contributed by atoms with van der Waals surface area (Å²) in [4.78, 5) is 44.6. The molecule has 9 heteroatoms. The number of rotatable bonds is 11. The number of carboxylic acid groups (broad SMARTS) is 1. The molecule has 36 heavy (non-hydrogen) atoms. The first-order valence-corrected chi connectivity index (χ1v) is 11.2. The molecule has 1 heterocycles. The number of aliphatic carboxylic acids is 1. The van der Waals surface area contributed by atoms with Gasteiger partial charge in [0, 0.05) is 35.2 Å². The molecule has 0 aliphatic carbocycles. The van der Waals surface area contributed by atoms with E-state index in [9.17, 15) is 19.2 Å². The van der Waals surface area contributed by atoms with Crippen molar-refractivity contribution in [1.82, 2.24) is 0 Å². The number of carbonyl (C=O) groups excluding carboxylic acids is 3.